The first-order valence-electron chi connectivity index (χ1n) is 6.89. The fraction of sp³-hybridized carbons (Fsp3) is 0.125. The van der Waals surface area contributed by atoms with E-state index in [4.69, 9.17) is 11.5 Å². The highest BCUT2D eigenvalue weighted by Crippen LogP contribution is 2.28. The van der Waals surface area contributed by atoms with Crippen molar-refractivity contribution in [2.75, 3.05) is 10.6 Å². The molecule has 0 bridgehead atoms. The third-order valence-electron chi connectivity index (χ3n) is 3.61. The second-order valence-corrected chi connectivity index (χ2v) is 5.16. The zero-order valence-corrected chi connectivity index (χ0v) is 11.8. The fourth-order valence-electron chi connectivity index (χ4n) is 2.54. The van der Waals surface area contributed by atoms with Crippen LogP contribution in [0.5, 0.6) is 0 Å². The molecule has 0 atom stereocenters. The van der Waals surface area contributed by atoms with Gasteiger partial charge in [0.2, 0.25) is 11.8 Å². The first-order valence-corrected chi connectivity index (χ1v) is 6.89. The quantitative estimate of drug-likeness (QED) is 0.685. The summed E-state index contributed by atoms with van der Waals surface area (Å²) >= 11 is 0. The van der Waals surface area contributed by atoms with Crippen molar-refractivity contribution in [3.8, 4) is 0 Å². The third-order valence-corrected chi connectivity index (χ3v) is 3.61. The second kappa shape index (κ2) is 5.50. The van der Waals surface area contributed by atoms with Crippen LogP contribution in [0.2, 0.25) is 0 Å². The maximum Gasteiger partial charge on any atom is 0.249 e. The Balaban J connectivity index is 1.86. The number of amides is 2. The predicted molar refractivity (Wildman–Crippen MR) is 84.9 cm³/mol. The fourth-order valence-corrected chi connectivity index (χ4v) is 2.54. The van der Waals surface area contributed by atoms with Crippen LogP contribution in [-0.2, 0) is 17.8 Å². The van der Waals surface area contributed by atoms with E-state index in [0.29, 0.717) is 17.5 Å². The van der Waals surface area contributed by atoms with Gasteiger partial charge < -0.3 is 22.1 Å². The first kappa shape index (κ1) is 14.1. The molecular formula is C16H16N4O2. The van der Waals surface area contributed by atoms with Crippen LogP contribution in [0.1, 0.15) is 21.5 Å². The van der Waals surface area contributed by atoms with E-state index >= 15 is 0 Å². The van der Waals surface area contributed by atoms with Crippen LogP contribution in [0.3, 0.4) is 0 Å². The second-order valence-electron chi connectivity index (χ2n) is 5.16. The number of nitrogens with two attached hydrogens (primary N) is 2. The zero-order chi connectivity index (χ0) is 15.7. The van der Waals surface area contributed by atoms with Crippen molar-refractivity contribution in [2.45, 2.75) is 13.0 Å². The lowest BCUT2D eigenvalue weighted by atomic mass is 10.1. The number of primary amides is 1. The smallest absolute Gasteiger partial charge is 0.249 e. The number of hydrogen-bond acceptors (Lipinski definition) is 4. The van der Waals surface area contributed by atoms with Gasteiger partial charge in [-0.3, -0.25) is 9.59 Å². The summed E-state index contributed by atoms with van der Waals surface area (Å²) in [4.78, 5) is 22.7. The minimum absolute atomic E-state index is 0.00313. The summed E-state index contributed by atoms with van der Waals surface area (Å²) in [6.07, 6.45) is 0.417. The Kier molecular flexibility index (Phi) is 3.52. The van der Waals surface area contributed by atoms with Crippen molar-refractivity contribution >= 4 is 28.9 Å². The topological polar surface area (TPSA) is 110 Å². The Morgan fingerprint density at radius 2 is 1.91 bits per heavy atom. The Hall–Kier alpha value is -2.86. The molecule has 112 valence electrons. The monoisotopic (exact) mass is 296 g/mol. The van der Waals surface area contributed by atoms with Crippen LogP contribution in [0.15, 0.2) is 36.4 Å². The van der Waals surface area contributed by atoms with Gasteiger partial charge in [-0.25, -0.2) is 0 Å². The number of carbonyl (C=O) groups is 2. The summed E-state index contributed by atoms with van der Waals surface area (Å²) in [5.41, 5.74) is 15.5. The van der Waals surface area contributed by atoms with Crippen LogP contribution >= 0.6 is 0 Å². The van der Waals surface area contributed by atoms with E-state index in [2.05, 4.69) is 10.6 Å². The maximum atomic E-state index is 11.4. The van der Waals surface area contributed by atoms with E-state index in [1.54, 1.807) is 18.2 Å². The van der Waals surface area contributed by atoms with Gasteiger partial charge in [0, 0.05) is 29.2 Å². The summed E-state index contributed by atoms with van der Waals surface area (Å²) < 4.78 is 0. The van der Waals surface area contributed by atoms with Gasteiger partial charge >= 0.3 is 0 Å². The molecule has 3 rings (SSSR count). The van der Waals surface area contributed by atoms with Gasteiger partial charge in [-0.15, -0.1) is 0 Å². The van der Waals surface area contributed by atoms with Crippen molar-refractivity contribution < 1.29 is 9.59 Å². The molecule has 6 heteroatoms. The molecule has 0 radical (unpaired) electrons. The average Bonchev–Trinajstić information content (AvgIpc) is 2.86. The molecule has 0 fully saturated rings. The van der Waals surface area contributed by atoms with Gasteiger partial charge in [0.1, 0.15) is 0 Å². The van der Waals surface area contributed by atoms with E-state index in [0.717, 1.165) is 22.6 Å². The molecular weight excluding hydrogens is 280 g/mol. The summed E-state index contributed by atoms with van der Waals surface area (Å²) in [5.74, 6) is -0.490. The molecule has 0 aromatic heterocycles. The van der Waals surface area contributed by atoms with E-state index in [9.17, 15) is 9.59 Å². The lowest BCUT2D eigenvalue weighted by Gasteiger charge is -2.11. The summed E-state index contributed by atoms with van der Waals surface area (Å²) in [6.45, 7) is 0.230. The predicted octanol–water partition coefficient (Wildman–Crippen LogP) is 1.48. The lowest BCUT2D eigenvalue weighted by Crippen LogP contribution is -2.15. The standard InChI is InChI=1S/C16H16N4O2/c17-8-10-5-11(3-4-13(10)16(18)22)19-12-2-1-9-6-15(21)20-14(9)7-12/h1-5,7,19H,6,8,17H2,(H2,18,22)(H,20,21). The van der Waals surface area contributed by atoms with Crippen molar-refractivity contribution in [3.05, 3.63) is 53.1 Å². The molecule has 1 heterocycles. The number of benzene rings is 2. The van der Waals surface area contributed by atoms with Gasteiger partial charge in [0.15, 0.2) is 0 Å². The molecule has 2 aromatic rings. The SMILES string of the molecule is NCc1cc(Nc2ccc3c(c2)NC(=O)C3)ccc1C(N)=O. The Labute approximate surface area is 127 Å². The van der Waals surface area contributed by atoms with Gasteiger partial charge in [-0.1, -0.05) is 6.07 Å². The molecule has 0 spiro atoms. The Morgan fingerprint density at radius 1 is 1.18 bits per heavy atom. The highest BCUT2D eigenvalue weighted by molar-refractivity contribution is 6.00. The van der Waals surface area contributed by atoms with E-state index in [-0.39, 0.29) is 12.5 Å². The highest BCUT2D eigenvalue weighted by atomic mass is 16.2. The molecule has 6 nitrogen and oxygen atoms in total. The molecule has 22 heavy (non-hydrogen) atoms. The molecule has 6 N–H and O–H groups in total. The number of nitrogens with one attached hydrogen (secondary N) is 2. The molecule has 1 aliphatic rings. The van der Waals surface area contributed by atoms with Crippen LogP contribution in [-0.4, -0.2) is 11.8 Å². The number of carbonyl (C=O) groups excluding carboxylic acids is 2. The van der Waals surface area contributed by atoms with Crippen LogP contribution in [0, 0.1) is 0 Å². The van der Waals surface area contributed by atoms with Gasteiger partial charge in [0.25, 0.3) is 0 Å². The Bertz CT molecular complexity index is 771. The van der Waals surface area contributed by atoms with E-state index in [1.165, 1.54) is 0 Å². The highest BCUT2D eigenvalue weighted by Gasteiger charge is 2.17. The lowest BCUT2D eigenvalue weighted by molar-refractivity contribution is -0.115. The molecule has 2 amide bonds. The van der Waals surface area contributed by atoms with Crippen molar-refractivity contribution in [3.63, 3.8) is 0 Å². The molecule has 0 aliphatic carbocycles. The van der Waals surface area contributed by atoms with Gasteiger partial charge in [-0.05, 0) is 41.5 Å². The third kappa shape index (κ3) is 2.64. The normalized spacial score (nSPS) is 12.7. The molecule has 0 unspecified atom stereocenters. The molecule has 0 saturated carbocycles. The minimum Gasteiger partial charge on any atom is -0.366 e. The minimum atomic E-state index is -0.493. The van der Waals surface area contributed by atoms with Crippen LogP contribution < -0.4 is 22.1 Å². The van der Waals surface area contributed by atoms with Crippen molar-refractivity contribution in [1.29, 1.82) is 0 Å². The average molecular weight is 296 g/mol. The largest absolute Gasteiger partial charge is 0.366 e. The van der Waals surface area contributed by atoms with Gasteiger partial charge in [-0.2, -0.15) is 0 Å². The number of hydrogen-bond donors (Lipinski definition) is 4. The number of anilines is 3. The van der Waals surface area contributed by atoms with Crippen LogP contribution in [0.4, 0.5) is 17.1 Å². The maximum absolute atomic E-state index is 11.4. The molecule has 1 aliphatic heterocycles. The first-order chi connectivity index (χ1) is 10.6. The van der Waals surface area contributed by atoms with Crippen LogP contribution in [0.25, 0.3) is 0 Å². The zero-order valence-electron chi connectivity index (χ0n) is 11.8. The van der Waals surface area contributed by atoms with E-state index < -0.39 is 5.91 Å². The van der Waals surface area contributed by atoms with E-state index in [1.807, 2.05) is 18.2 Å². The summed E-state index contributed by atoms with van der Waals surface area (Å²) in [5, 5.41) is 6.04. The van der Waals surface area contributed by atoms with Gasteiger partial charge in [0.05, 0.1) is 6.42 Å². The number of fused-ring (bicyclic) bond motifs is 1. The van der Waals surface area contributed by atoms with Crippen molar-refractivity contribution in [2.24, 2.45) is 11.5 Å². The molecule has 0 saturated heterocycles. The number of rotatable bonds is 4. The molecule has 2 aromatic carbocycles. The van der Waals surface area contributed by atoms with Crippen molar-refractivity contribution in [1.82, 2.24) is 0 Å². The summed E-state index contributed by atoms with van der Waals surface area (Å²) in [6, 6.07) is 10.9. The Morgan fingerprint density at radius 3 is 2.64 bits per heavy atom. The summed E-state index contributed by atoms with van der Waals surface area (Å²) in [7, 11) is 0.